The average molecular weight is 499 g/mol. The van der Waals surface area contributed by atoms with Crippen molar-refractivity contribution in [2.45, 2.75) is 25.7 Å². The van der Waals surface area contributed by atoms with Crippen LogP contribution in [-0.2, 0) is 18.9 Å². The van der Waals surface area contributed by atoms with Crippen molar-refractivity contribution in [1.82, 2.24) is 9.55 Å². The molecule has 0 saturated carbocycles. The van der Waals surface area contributed by atoms with E-state index in [9.17, 15) is 26.3 Å². The predicted octanol–water partition coefficient (Wildman–Crippen LogP) is 6.04. The van der Waals surface area contributed by atoms with Crippen molar-refractivity contribution in [1.29, 1.82) is 5.26 Å². The fraction of sp³-hybridized carbons (Fsp3) is 0.154. The third-order valence-electron chi connectivity index (χ3n) is 5.42. The summed E-state index contributed by atoms with van der Waals surface area (Å²) in [7, 11) is 0. The molecule has 0 radical (unpaired) electrons. The molecule has 0 aliphatic rings. The summed E-state index contributed by atoms with van der Waals surface area (Å²) >= 11 is 0. The molecule has 0 atom stereocenters. The number of nitrogens with zero attached hydrogens (tertiary/aromatic N) is 3. The number of rotatable bonds is 4. The van der Waals surface area contributed by atoms with E-state index in [0.29, 0.717) is 17.5 Å². The molecule has 3 nitrogen and oxygen atoms in total. The molecule has 0 unspecified atom stereocenters. The van der Waals surface area contributed by atoms with Gasteiger partial charge in [0.15, 0.2) is 0 Å². The summed E-state index contributed by atoms with van der Waals surface area (Å²) in [5, 5.41) is 8.61. The van der Waals surface area contributed by atoms with E-state index in [2.05, 4.69) is 11.1 Å². The maximum atomic E-state index is 12.7. The Hall–Kier alpha value is -4.00. The summed E-state index contributed by atoms with van der Waals surface area (Å²) in [4.78, 5) is 4.22. The summed E-state index contributed by atoms with van der Waals surface area (Å²) < 4.78 is 78.1. The normalized spacial score (nSPS) is 11.3. The molecule has 4 aromatic rings. The van der Waals surface area contributed by atoms with Gasteiger partial charge in [-0.3, -0.25) is 0 Å². The van der Waals surface area contributed by atoms with Crippen LogP contribution in [0.4, 0.5) is 26.3 Å². The second kappa shape index (κ2) is 11.2. The van der Waals surface area contributed by atoms with E-state index in [-0.39, 0.29) is 0 Å². The highest BCUT2D eigenvalue weighted by Crippen LogP contribution is 2.29. The number of nitriles is 1. The molecular formula is C26H20BF6N3. The number of halogens is 6. The highest BCUT2D eigenvalue weighted by atomic mass is 19.4. The molecule has 0 bridgehead atoms. The van der Waals surface area contributed by atoms with Crippen LogP contribution in [0.5, 0.6) is 0 Å². The highest BCUT2D eigenvalue weighted by molar-refractivity contribution is 6.84. The lowest BCUT2D eigenvalue weighted by atomic mass is 9.42. The SMILES string of the molecule is CB(c1cccc(C(F)(F)F)c1)c1cccc(C(F)(F)F)c1.N#CCn1ccnc1-c1ccccc1. The molecular weight excluding hydrogens is 479 g/mol. The second-order valence-electron chi connectivity index (χ2n) is 7.87. The molecule has 0 saturated heterocycles. The van der Waals surface area contributed by atoms with Crippen LogP contribution in [0.3, 0.4) is 0 Å². The van der Waals surface area contributed by atoms with Crippen molar-refractivity contribution < 1.29 is 26.3 Å². The molecule has 184 valence electrons. The Kier molecular flexibility index (Phi) is 8.25. The Labute approximate surface area is 204 Å². The molecule has 10 heteroatoms. The first-order valence-corrected chi connectivity index (χ1v) is 10.8. The molecule has 3 aromatic carbocycles. The summed E-state index contributed by atoms with van der Waals surface area (Å²) in [5.41, 5.74) is 0.0312. The molecule has 4 rings (SSSR count). The van der Waals surface area contributed by atoms with E-state index in [1.807, 2.05) is 41.1 Å². The Morgan fingerprint density at radius 3 is 1.81 bits per heavy atom. The standard InChI is InChI=1S/C15H11BF6.C11H9N3/c1-16(12-6-2-4-10(8-12)14(17,18)19)13-7-3-5-11(9-13)15(20,21)22;12-6-8-14-9-7-13-11(14)10-4-2-1-3-5-10/h2-9H,1H3;1-5,7,9H,8H2. The van der Waals surface area contributed by atoms with Crippen LogP contribution in [0.1, 0.15) is 11.1 Å². The first-order valence-electron chi connectivity index (χ1n) is 10.8. The van der Waals surface area contributed by atoms with Gasteiger partial charge in [-0.2, -0.15) is 31.6 Å². The van der Waals surface area contributed by atoms with E-state index in [1.54, 1.807) is 13.0 Å². The van der Waals surface area contributed by atoms with Crippen molar-refractivity contribution in [2.24, 2.45) is 0 Å². The fourth-order valence-electron chi connectivity index (χ4n) is 3.52. The van der Waals surface area contributed by atoms with Gasteiger partial charge in [0.1, 0.15) is 12.4 Å². The van der Waals surface area contributed by atoms with Gasteiger partial charge in [-0.15, -0.1) is 0 Å². The predicted molar refractivity (Wildman–Crippen MR) is 127 cm³/mol. The van der Waals surface area contributed by atoms with Crippen molar-refractivity contribution in [2.75, 3.05) is 0 Å². The molecule has 0 fully saturated rings. The lowest BCUT2D eigenvalue weighted by Gasteiger charge is -2.14. The number of aromatic nitrogens is 2. The smallest absolute Gasteiger partial charge is 0.317 e. The maximum Gasteiger partial charge on any atom is 0.416 e. The number of alkyl halides is 6. The van der Waals surface area contributed by atoms with Gasteiger partial charge in [-0.1, -0.05) is 96.6 Å². The maximum absolute atomic E-state index is 12.7. The topological polar surface area (TPSA) is 41.6 Å². The van der Waals surface area contributed by atoms with Crippen molar-refractivity contribution in [3.05, 3.63) is 102 Å². The summed E-state index contributed by atoms with van der Waals surface area (Å²) in [6, 6.07) is 21.2. The summed E-state index contributed by atoms with van der Waals surface area (Å²) in [5.74, 6) is 0.840. The van der Waals surface area contributed by atoms with Crippen LogP contribution in [0.15, 0.2) is 91.3 Å². The van der Waals surface area contributed by atoms with E-state index in [1.165, 1.54) is 24.3 Å². The monoisotopic (exact) mass is 499 g/mol. The van der Waals surface area contributed by atoms with Gasteiger partial charge < -0.3 is 4.57 Å². The fourth-order valence-corrected chi connectivity index (χ4v) is 3.52. The van der Waals surface area contributed by atoms with E-state index >= 15 is 0 Å². The number of hydrogen-bond acceptors (Lipinski definition) is 2. The first kappa shape index (κ1) is 26.6. The molecule has 0 amide bonds. The van der Waals surface area contributed by atoms with Crippen molar-refractivity contribution in [3.8, 4) is 17.5 Å². The van der Waals surface area contributed by atoms with Crippen molar-refractivity contribution >= 4 is 17.6 Å². The summed E-state index contributed by atoms with van der Waals surface area (Å²) in [6.45, 7) is 1.33. The number of hydrogen-bond donors (Lipinski definition) is 0. The molecule has 36 heavy (non-hydrogen) atoms. The van der Waals surface area contributed by atoms with E-state index in [0.717, 1.165) is 35.7 Å². The minimum Gasteiger partial charge on any atom is -0.317 e. The zero-order valence-corrected chi connectivity index (χ0v) is 19.1. The van der Waals surface area contributed by atoms with E-state index in [4.69, 9.17) is 5.26 Å². The zero-order chi connectivity index (χ0) is 26.3. The molecule has 1 aromatic heterocycles. The summed E-state index contributed by atoms with van der Waals surface area (Å²) in [6.07, 6.45) is -5.45. The van der Waals surface area contributed by atoms with Crippen LogP contribution < -0.4 is 10.9 Å². The first-order chi connectivity index (χ1) is 17.0. The van der Waals surface area contributed by atoms with Gasteiger partial charge in [-0.25, -0.2) is 4.98 Å². The third kappa shape index (κ3) is 6.78. The van der Waals surface area contributed by atoms with Gasteiger partial charge in [0.2, 0.25) is 6.71 Å². The van der Waals surface area contributed by atoms with Gasteiger partial charge in [0.25, 0.3) is 0 Å². The van der Waals surface area contributed by atoms with Crippen LogP contribution in [0, 0.1) is 11.3 Å². The minimum absolute atomic E-state index is 0.314. The van der Waals surface area contributed by atoms with Gasteiger partial charge >= 0.3 is 12.4 Å². The van der Waals surface area contributed by atoms with E-state index < -0.39 is 30.2 Å². The average Bonchev–Trinajstić information content (AvgIpc) is 3.32. The molecule has 0 N–H and O–H groups in total. The zero-order valence-electron chi connectivity index (χ0n) is 19.1. The highest BCUT2D eigenvalue weighted by Gasteiger charge is 2.32. The Morgan fingerprint density at radius 2 is 1.33 bits per heavy atom. The lowest BCUT2D eigenvalue weighted by Crippen LogP contribution is -2.40. The third-order valence-corrected chi connectivity index (χ3v) is 5.42. The molecule has 0 aliphatic heterocycles. The Morgan fingerprint density at radius 1 is 0.806 bits per heavy atom. The van der Waals surface area contributed by atoms with Crippen molar-refractivity contribution in [3.63, 3.8) is 0 Å². The van der Waals surface area contributed by atoms with Crippen LogP contribution >= 0.6 is 0 Å². The van der Waals surface area contributed by atoms with Gasteiger partial charge in [0, 0.05) is 18.0 Å². The lowest BCUT2D eigenvalue weighted by molar-refractivity contribution is -0.138. The second-order valence-corrected chi connectivity index (χ2v) is 7.87. The molecule has 0 spiro atoms. The van der Waals surface area contributed by atoms with Crippen LogP contribution in [-0.4, -0.2) is 16.3 Å². The largest absolute Gasteiger partial charge is 0.416 e. The quantitative estimate of drug-likeness (QED) is 0.254. The number of imidazole rings is 1. The molecule has 0 aliphatic carbocycles. The van der Waals surface area contributed by atoms with Crippen LogP contribution in [0.25, 0.3) is 11.4 Å². The van der Waals surface area contributed by atoms with Gasteiger partial charge in [0.05, 0.1) is 17.2 Å². The molecule has 1 heterocycles. The van der Waals surface area contributed by atoms with Gasteiger partial charge in [-0.05, 0) is 0 Å². The van der Waals surface area contributed by atoms with Crippen LogP contribution in [0.2, 0.25) is 6.82 Å². The Balaban J connectivity index is 0.000000221. The number of benzene rings is 3. The minimum atomic E-state index is -4.48. The Bertz CT molecular complexity index is 1270.